The predicted octanol–water partition coefficient (Wildman–Crippen LogP) is 5.26. The fourth-order valence-electron chi connectivity index (χ4n) is 6.44. The van der Waals surface area contributed by atoms with Crippen LogP contribution in [0.5, 0.6) is 0 Å². The second kappa shape index (κ2) is 14.8. The highest BCUT2D eigenvalue weighted by atomic mass is 32.2. The minimum absolute atomic E-state index is 0.178. The first-order valence-corrected chi connectivity index (χ1v) is 17.0. The zero-order chi connectivity index (χ0) is 33.6. The van der Waals surface area contributed by atoms with E-state index >= 15 is 4.39 Å². The molecule has 1 amide bonds. The van der Waals surface area contributed by atoms with Gasteiger partial charge in [0.15, 0.2) is 4.90 Å². The Morgan fingerprint density at radius 2 is 1.87 bits per heavy atom. The number of aryl methyl sites for hydroxylation is 1. The van der Waals surface area contributed by atoms with Crippen LogP contribution in [0.15, 0.2) is 71.6 Å². The van der Waals surface area contributed by atoms with Gasteiger partial charge in [-0.3, -0.25) is 14.9 Å². The number of aliphatic hydroxyl groups is 2. The summed E-state index contributed by atoms with van der Waals surface area (Å²) in [5.41, 5.74) is 0.510. The van der Waals surface area contributed by atoms with Crippen molar-refractivity contribution in [1.29, 1.82) is 0 Å². The van der Waals surface area contributed by atoms with E-state index in [2.05, 4.69) is 0 Å². The van der Waals surface area contributed by atoms with Crippen LogP contribution in [0.25, 0.3) is 11.1 Å². The third-order valence-electron chi connectivity index (χ3n) is 8.81. The third-order valence-corrected chi connectivity index (χ3v) is 10.7. The van der Waals surface area contributed by atoms with Crippen LogP contribution in [-0.2, 0) is 26.8 Å². The molecule has 4 rings (SSSR count). The smallest absolute Gasteiger partial charge is 0.289 e. The Hall–Kier alpha value is -3.71. The van der Waals surface area contributed by atoms with E-state index < -0.39 is 61.4 Å². The molecule has 2 unspecified atom stereocenters. The number of sulfonamides is 1. The first-order valence-electron chi connectivity index (χ1n) is 15.6. The number of benzene rings is 3. The van der Waals surface area contributed by atoms with Gasteiger partial charge in [0.1, 0.15) is 5.82 Å². The molecule has 0 aliphatic carbocycles. The van der Waals surface area contributed by atoms with E-state index in [1.54, 1.807) is 17.0 Å². The Kier molecular flexibility index (Phi) is 11.3. The molecule has 0 spiro atoms. The lowest BCUT2D eigenvalue weighted by Gasteiger charge is -2.43. The Labute approximate surface area is 269 Å². The van der Waals surface area contributed by atoms with Crippen molar-refractivity contribution in [2.24, 2.45) is 5.92 Å². The van der Waals surface area contributed by atoms with E-state index in [-0.39, 0.29) is 13.0 Å². The van der Waals surface area contributed by atoms with Gasteiger partial charge in [0.25, 0.3) is 5.69 Å². The molecule has 1 aliphatic rings. The zero-order valence-corrected chi connectivity index (χ0v) is 27.2. The molecule has 12 heteroatoms. The number of hydrogen-bond donors (Lipinski definition) is 2. The Morgan fingerprint density at radius 1 is 1.15 bits per heavy atom. The molecule has 3 aromatic rings. The number of nitrogens with zero attached hydrogens (tertiary/aromatic N) is 3. The normalized spacial score (nSPS) is 17.5. The highest BCUT2D eigenvalue weighted by Crippen LogP contribution is 2.44. The average molecular weight is 656 g/mol. The first kappa shape index (κ1) is 35.1. The molecular formula is C34H42FN3O7S. The molecule has 3 atom stereocenters. The lowest BCUT2D eigenvalue weighted by Crippen LogP contribution is -2.49. The number of nitro benzene ring substituents is 1. The van der Waals surface area contributed by atoms with E-state index in [4.69, 9.17) is 0 Å². The maximum absolute atomic E-state index is 15.5. The van der Waals surface area contributed by atoms with Crippen LogP contribution in [0.2, 0.25) is 0 Å². The summed E-state index contributed by atoms with van der Waals surface area (Å²) in [7, 11) is -3.14. The molecule has 1 fully saturated rings. The molecule has 1 heterocycles. The number of piperidine rings is 1. The molecule has 0 aromatic heterocycles. The number of para-hydroxylation sites is 1. The van der Waals surface area contributed by atoms with E-state index in [1.165, 1.54) is 25.2 Å². The number of rotatable bonds is 13. The standard InChI is InChI=1S/C34H42FN3O7S/c1-4-18-34(41,28-14-9-15-29(35)33(28)25-12-8-11-24(5-2)20-25)26-13-10-19-37(22-26)32(40)21-27(39)23-36(3)46(44,45)31-17-7-6-16-30(31)38(42)43/h6-9,11-12,14-17,20,26-27,39,41H,4-5,10,13,18-19,21-23H2,1-3H3/t26?,27-,34?/m1/s1. The fraction of sp³-hybridized carbons (Fsp3) is 0.441. The van der Waals surface area contributed by atoms with Crippen molar-refractivity contribution >= 4 is 21.6 Å². The summed E-state index contributed by atoms with van der Waals surface area (Å²) in [5.74, 6) is -1.27. The second-order valence-electron chi connectivity index (χ2n) is 11.9. The number of halogens is 1. The number of hydrogen-bond acceptors (Lipinski definition) is 7. The summed E-state index contributed by atoms with van der Waals surface area (Å²) < 4.78 is 42.5. The second-order valence-corrected chi connectivity index (χ2v) is 14.0. The Balaban J connectivity index is 1.53. The van der Waals surface area contributed by atoms with Crippen molar-refractivity contribution in [3.8, 4) is 11.1 Å². The maximum Gasteiger partial charge on any atom is 0.289 e. The summed E-state index contributed by atoms with van der Waals surface area (Å²) in [6.07, 6.45) is 1.16. The number of likely N-dealkylation sites (tertiary alicyclic amines) is 1. The van der Waals surface area contributed by atoms with Gasteiger partial charge in [0, 0.05) is 44.2 Å². The predicted molar refractivity (Wildman–Crippen MR) is 173 cm³/mol. The van der Waals surface area contributed by atoms with Gasteiger partial charge >= 0.3 is 0 Å². The minimum Gasteiger partial charge on any atom is -0.391 e. The zero-order valence-electron chi connectivity index (χ0n) is 26.4. The molecule has 248 valence electrons. The van der Waals surface area contributed by atoms with E-state index in [1.807, 2.05) is 38.1 Å². The van der Waals surface area contributed by atoms with Crippen LogP contribution in [0.1, 0.15) is 57.1 Å². The van der Waals surface area contributed by atoms with Gasteiger partial charge in [-0.15, -0.1) is 0 Å². The van der Waals surface area contributed by atoms with E-state index in [0.29, 0.717) is 48.9 Å². The van der Waals surface area contributed by atoms with Gasteiger partial charge < -0.3 is 15.1 Å². The topological polar surface area (TPSA) is 141 Å². The number of amides is 1. The molecule has 1 saturated heterocycles. The van der Waals surface area contributed by atoms with Crippen LogP contribution in [0.4, 0.5) is 10.1 Å². The lowest BCUT2D eigenvalue weighted by atomic mass is 9.72. The van der Waals surface area contributed by atoms with Crippen molar-refractivity contribution in [3.63, 3.8) is 0 Å². The summed E-state index contributed by atoms with van der Waals surface area (Å²) in [4.78, 5) is 25.0. The Bertz CT molecular complexity index is 1670. The molecule has 46 heavy (non-hydrogen) atoms. The summed E-state index contributed by atoms with van der Waals surface area (Å²) in [6.45, 7) is 4.07. The number of carbonyl (C=O) groups is 1. The highest BCUT2D eigenvalue weighted by molar-refractivity contribution is 7.89. The fourth-order valence-corrected chi connectivity index (χ4v) is 7.80. The molecule has 10 nitrogen and oxygen atoms in total. The van der Waals surface area contributed by atoms with Crippen LogP contribution in [0.3, 0.4) is 0 Å². The van der Waals surface area contributed by atoms with Crippen molar-refractivity contribution < 1.29 is 32.7 Å². The third kappa shape index (κ3) is 7.46. The monoisotopic (exact) mass is 655 g/mol. The molecule has 0 saturated carbocycles. The Morgan fingerprint density at radius 3 is 2.57 bits per heavy atom. The number of aliphatic hydroxyl groups excluding tert-OH is 1. The van der Waals surface area contributed by atoms with Crippen LogP contribution in [0, 0.1) is 21.8 Å². The van der Waals surface area contributed by atoms with Crippen molar-refractivity contribution in [1.82, 2.24) is 9.21 Å². The molecule has 3 aromatic carbocycles. The van der Waals surface area contributed by atoms with Crippen molar-refractivity contribution in [3.05, 3.63) is 93.8 Å². The maximum atomic E-state index is 15.5. The van der Waals surface area contributed by atoms with E-state index in [0.717, 1.165) is 28.4 Å². The van der Waals surface area contributed by atoms with E-state index in [9.17, 15) is 33.5 Å². The van der Waals surface area contributed by atoms with Gasteiger partial charge in [-0.25, -0.2) is 12.8 Å². The van der Waals surface area contributed by atoms with Crippen LogP contribution in [-0.4, -0.2) is 71.5 Å². The largest absolute Gasteiger partial charge is 0.391 e. The molecule has 1 aliphatic heterocycles. The molecular weight excluding hydrogens is 613 g/mol. The number of carbonyl (C=O) groups excluding carboxylic acids is 1. The van der Waals surface area contributed by atoms with Gasteiger partial charge in [-0.2, -0.15) is 4.31 Å². The lowest BCUT2D eigenvalue weighted by molar-refractivity contribution is -0.387. The number of nitro groups is 1. The SMILES string of the molecule is CCCC(O)(c1cccc(F)c1-c1cccc(CC)c1)C1CCCN(C(=O)C[C@@H](O)CN(C)S(=O)(=O)c2ccccc2[N+](=O)[O-])C1. The number of likely N-dealkylation sites (N-methyl/N-ethyl adjacent to an activating group) is 1. The van der Waals surface area contributed by atoms with Crippen molar-refractivity contribution in [2.75, 3.05) is 26.7 Å². The summed E-state index contributed by atoms with van der Waals surface area (Å²) in [6, 6.07) is 17.3. The summed E-state index contributed by atoms with van der Waals surface area (Å²) in [5, 5.41) is 34.5. The van der Waals surface area contributed by atoms with Gasteiger partial charge in [-0.05, 0) is 54.5 Å². The van der Waals surface area contributed by atoms with Crippen molar-refractivity contribution in [2.45, 2.75) is 69.0 Å². The molecule has 0 bridgehead atoms. The van der Waals surface area contributed by atoms with Crippen LogP contribution < -0.4 is 0 Å². The van der Waals surface area contributed by atoms with Gasteiger partial charge in [0.2, 0.25) is 15.9 Å². The minimum atomic E-state index is -4.33. The van der Waals surface area contributed by atoms with Gasteiger partial charge in [-0.1, -0.05) is 68.8 Å². The molecule has 0 radical (unpaired) electrons. The average Bonchev–Trinajstić information content (AvgIpc) is 3.04. The first-order chi connectivity index (χ1) is 21.8. The quantitative estimate of drug-likeness (QED) is 0.189. The van der Waals surface area contributed by atoms with Gasteiger partial charge in [0.05, 0.1) is 23.0 Å². The highest BCUT2D eigenvalue weighted by Gasteiger charge is 2.43. The van der Waals surface area contributed by atoms with Crippen LogP contribution >= 0.6 is 0 Å². The summed E-state index contributed by atoms with van der Waals surface area (Å²) >= 11 is 0. The molecule has 2 N–H and O–H groups in total.